The van der Waals surface area contributed by atoms with Crippen LogP contribution in [-0.2, 0) is 4.79 Å². The van der Waals surface area contributed by atoms with Crippen LogP contribution >= 0.6 is 68.9 Å². The van der Waals surface area contributed by atoms with Gasteiger partial charge in [0.25, 0.3) is 0 Å². The fourth-order valence-electron chi connectivity index (χ4n) is 7.72. The van der Waals surface area contributed by atoms with E-state index < -0.39 is 0 Å². The van der Waals surface area contributed by atoms with E-state index in [9.17, 15) is 4.79 Å². The Labute approximate surface area is 249 Å². The molecule has 38 heavy (non-hydrogen) atoms. The summed E-state index contributed by atoms with van der Waals surface area (Å²) >= 11 is 11.3. The summed E-state index contributed by atoms with van der Waals surface area (Å²) in [7, 11) is 0. The maximum absolute atomic E-state index is 12.3. The summed E-state index contributed by atoms with van der Waals surface area (Å²) in [6.07, 6.45) is 12.9. The fourth-order valence-corrected chi connectivity index (χ4v) is 14.7. The van der Waals surface area contributed by atoms with Crippen molar-refractivity contribution in [3.63, 3.8) is 0 Å². The molecule has 2 saturated carbocycles. The number of hydrogen-bond donors (Lipinski definition) is 0. The van der Waals surface area contributed by atoms with Gasteiger partial charge < -0.3 is 0 Å². The monoisotopic (exact) mass is 610 g/mol. The average molecular weight is 611 g/mol. The summed E-state index contributed by atoms with van der Waals surface area (Å²) in [5.74, 6) is 2.81. The maximum Gasteiger partial charge on any atom is 0.191 e. The van der Waals surface area contributed by atoms with Crippen LogP contribution in [0, 0.1) is 0 Å². The molecule has 0 atom stereocenters. The van der Waals surface area contributed by atoms with Crippen molar-refractivity contribution in [1.82, 2.24) is 0 Å². The Balaban J connectivity index is 1.30. The molecule has 0 radical (unpaired) electrons. The van der Waals surface area contributed by atoms with Gasteiger partial charge in [0.05, 0.1) is 8.42 Å². The first-order valence-electron chi connectivity index (χ1n) is 13.8. The van der Waals surface area contributed by atoms with Gasteiger partial charge in [0.2, 0.25) is 0 Å². The molecule has 0 amide bonds. The summed E-state index contributed by atoms with van der Waals surface area (Å²) in [5.41, 5.74) is 6.67. The van der Waals surface area contributed by atoms with Gasteiger partial charge in [-0.05, 0) is 140 Å². The third-order valence-electron chi connectivity index (χ3n) is 9.32. The van der Waals surface area contributed by atoms with Gasteiger partial charge in [-0.15, -0.1) is 57.1 Å². The van der Waals surface area contributed by atoms with Gasteiger partial charge in [-0.2, -0.15) is 0 Å². The smallest absolute Gasteiger partial charge is 0.191 e. The Morgan fingerprint density at radius 3 is 1.74 bits per heavy atom. The van der Waals surface area contributed by atoms with E-state index in [1.54, 1.807) is 43.8 Å². The van der Waals surface area contributed by atoms with Crippen molar-refractivity contribution >= 4 is 74.0 Å². The second-order valence-corrected chi connectivity index (χ2v) is 18.1. The van der Waals surface area contributed by atoms with Crippen molar-refractivity contribution in [2.45, 2.75) is 90.4 Å². The van der Waals surface area contributed by atoms with Crippen molar-refractivity contribution in [2.24, 2.45) is 0 Å². The molecule has 4 aromatic heterocycles. The number of rotatable bonds is 5. The van der Waals surface area contributed by atoms with Crippen LogP contribution in [0.5, 0.6) is 0 Å². The molecule has 196 valence electrons. The van der Waals surface area contributed by atoms with E-state index in [-0.39, 0.29) is 5.12 Å². The van der Waals surface area contributed by atoms with Gasteiger partial charge >= 0.3 is 0 Å². The number of thiophene rings is 4. The minimum absolute atomic E-state index is 0.235. The number of hydrogen-bond acceptors (Lipinski definition) is 7. The molecule has 7 heteroatoms. The second-order valence-electron chi connectivity index (χ2n) is 11.3. The van der Waals surface area contributed by atoms with E-state index >= 15 is 0 Å². The molecule has 4 bridgehead atoms. The summed E-state index contributed by atoms with van der Waals surface area (Å²) in [6, 6.07) is 9.32. The average Bonchev–Trinajstić information content (AvgIpc) is 3.74. The molecule has 0 spiro atoms. The SMILES string of the molecule is CSc1ccc(-c2ccc(-c3sc(-c4sc(SC(C)=O)c5c4C4CCC5CC4)c4c3C3CCC4CC3)s2)s1. The molecule has 1 nitrogen and oxygen atoms in total. The van der Waals surface area contributed by atoms with Gasteiger partial charge in [0, 0.05) is 36.2 Å². The van der Waals surface area contributed by atoms with Crippen molar-refractivity contribution in [2.75, 3.05) is 6.26 Å². The van der Waals surface area contributed by atoms with Gasteiger partial charge in [-0.25, -0.2) is 0 Å². The molecule has 6 aliphatic rings. The predicted molar refractivity (Wildman–Crippen MR) is 170 cm³/mol. The van der Waals surface area contributed by atoms with Crippen LogP contribution in [0.4, 0.5) is 0 Å². The standard InChI is InChI=1S/C31H30OS6/c1-15(32)34-31-27-19-9-7-18(8-10-19)26(27)30(38-31)29-25-17-5-3-16(4-6-17)24(25)28(37-29)22-12-11-20(35-22)21-13-14-23(33-2)36-21/h11-14,16-19H,3-10H2,1-2H3. The molecule has 0 unspecified atom stereocenters. The van der Waals surface area contributed by atoms with E-state index in [0.29, 0.717) is 11.8 Å². The zero-order chi connectivity index (χ0) is 25.5. The van der Waals surface area contributed by atoms with Crippen LogP contribution < -0.4 is 0 Å². The third kappa shape index (κ3) is 3.86. The number of fused-ring (bicyclic) bond motifs is 4. The van der Waals surface area contributed by atoms with E-state index in [1.165, 1.54) is 86.2 Å². The highest BCUT2D eigenvalue weighted by molar-refractivity contribution is 8.15. The third-order valence-corrected chi connectivity index (χ3v) is 16.5. The van der Waals surface area contributed by atoms with Crippen molar-refractivity contribution < 1.29 is 4.79 Å². The van der Waals surface area contributed by atoms with Gasteiger partial charge in [-0.3, -0.25) is 4.79 Å². The molecular formula is C31H30OS6. The van der Waals surface area contributed by atoms with Crippen LogP contribution in [0.3, 0.4) is 0 Å². The summed E-state index contributed by atoms with van der Waals surface area (Å²) in [5, 5.41) is 0.235. The molecular weight excluding hydrogens is 581 g/mol. The maximum atomic E-state index is 12.3. The number of carbonyl (C=O) groups excluding carboxylic acids is 1. The second kappa shape index (κ2) is 9.63. The lowest BCUT2D eigenvalue weighted by Gasteiger charge is -2.39. The van der Waals surface area contributed by atoms with Crippen molar-refractivity contribution in [3.05, 3.63) is 46.5 Å². The highest BCUT2D eigenvalue weighted by Crippen LogP contribution is 2.64. The minimum Gasteiger partial charge on any atom is -0.287 e. The molecule has 0 N–H and O–H groups in total. The van der Waals surface area contributed by atoms with Crippen molar-refractivity contribution in [1.29, 1.82) is 0 Å². The molecule has 4 heterocycles. The van der Waals surface area contributed by atoms with E-state index in [0.717, 1.165) is 11.8 Å². The summed E-state index contributed by atoms with van der Waals surface area (Å²) in [6.45, 7) is 1.74. The largest absolute Gasteiger partial charge is 0.287 e. The Morgan fingerprint density at radius 2 is 1.13 bits per heavy atom. The molecule has 6 aliphatic carbocycles. The number of carbonyl (C=O) groups is 1. The fraction of sp³-hybridized carbons (Fsp3) is 0.452. The van der Waals surface area contributed by atoms with Crippen LogP contribution in [0.1, 0.15) is 104 Å². The van der Waals surface area contributed by atoms with E-state index in [4.69, 9.17) is 0 Å². The Kier molecular flexibility index (Phi) is 6.31. The lowest BCUT2D eigenvalue weighted by molar-refractivity contribution is -0.109. The first-order chi connectivity index (χ1) is 18.6. The van der Waals surface area contributed by atoms with Crippen LogP contribution in [0.15, 0.2) is 32.7 Å². The zero-order valence-corrected chi connectivity index (χ0v) is 26.5. The normalized spacial score (nSPS) is 25.1. The van der Waals surface area contributed by atoms with Crippen molar-refractivity contribution in [3.8, 4) is 29.3 Å². The zero-order valence-electron chi connectivity index (χ0n) is 21.6. The van der Waals surface area contributed by atoms with E-state index in [1.807, 2.05) is 45.8 Å². The minimum atomic E-state index is 0.235. The first kappa shape index (κ1) is 24.9. The Bertz CT molecular complexity index is 1550. The van der Waals surface area contributed by atoms with Gasteiger partial charge in [0.15, 0.2) is 5.12 Å². The molecule has 0 saturated heterocycles. The van der Waals surface area contributed by atoms with Gasteiger partial charge in [-0.1, -0.05) is 0 Å². The van der Waals surface area contributed by atoms with Crippen LogP contribution in [0.2, 0.25) is 0 Å². The quantitative estimate of drug-likeness (QED) is 0.209. The van der Waals surface area contributed by atoms with E-state index in [2.05, 4.69) is 41.9 Å². The Morgan fingerprint density at radius 1 is 0.632 bits per heavy atom. The van der Waals surface area contributed by atoms with Crippen LogP contribution in [0.25, 0.3) is 29.3 Å². The Hall–Kier alpha value is -0.830. The van der Waals surface area contributed by atoms with Gasteiger partial charge in [0.1, 0.15) is 0 Å². The highest BCUT2D eigenvalue weighted by atomic mass is 32.2. The molecule has 10 rings (SSSR count). The predicted octanol–water partition coefficient (Wildman–Crippen LogP) is 11.8. The van der Waals surface area contributed by atoms with Crippen LogP contribution in [-0.4, -0.2) is 11.4 Å². The summed E-state index contributed by atoms with van der Waals surface area (Å²) < 4.78 is 2.71. The number of thioether (sulfide) groups is 2. The molecule has 4 aromatic rings. The molecule has 0 aliphatic heterocycles. The molecule has 2 fully saturated rings. The lowest BCUT2D eigenvalue weighted by atomic mass is 9.65. The first-order valence-corrected chi connectivity index (χ1v) is 19.2. The highest BCUT2D eigenvalue weighted by Gasteiger charge is 2.43. The topological polar surface area (TPSA) is 17.1 Å². The lowest BCUT2D eigenvalue weighted by Crippen LogP contribution is -2.22. The molecule has 0 aromatic carbocycles. The summed E-state index contributed by atoms with van der Waals surface area (Å²) in [4.78, 5) is 21.3.